The van der Waals surface area contributed by atoms with Crippen molar-refractivity contribution in [2.24, 2.45) is 0 Å². The van der Waals surface area contributed by atoms with Gasteiger partial charge in [-0.25, -0.2) is 4.98 Å². The van der Waals surface area contributed by atoms with E-state index in [-0.39, 0.29) is 5.91 Å². The van der Waals surface area contributed by atoms with Gasteiger partial charge in [0.05, 0.1) is 12.1 Å². The van der Waals surface area contributed by atoms with E-state index in [1.165, 1.54) is 16.9 Å². The van der Waals surface area contributed by atoms with E-state index in [1.807, 2.05) is 28.5 Å². The lowest BCUT2D eigenvalue weighted by molar-refractivity contribution is -0.131. The Balaban J connectivity index is 1.69. The van der Waals surface area contributed by atoms with Crippen molar-refractivity contribution >= 4 is 22.4 Å². The van der Waals surface area contributed by atoms with Crippen molar-refractivity contribution in [3.8, 4) is 0 Å². The minimum Gasteiger partial charge on any atom is -0.375 e. The third kappa shape index (κ3) is 3.17. The van der Waals surface area contributed by atoms with Gasteiger partial charge in [0.2, 0.25) is 5.91 Å². The molecule has 1 saturated carbocycles. The number of nitrogens with zero attached hydrogens (tertiary/aromatic N) is 2. The smallest absolute Gasteiger partial charge is 0.229 e. The highest BCUT2D eigenvalue weighted by Gasteiger charge is 2.32. The van der Waals surface area contributed by atoms with Gasteiger partial charge in [0.15, 0.2) is 5.13 Å². The third-order valence-electron chi connectivity index (χ3n) is 3.41. The van der Waals surface area contributed by atoms with Crippen LogP contribution in [0.2, 0.25) is 0 Å². The zero-order valence-electron chi connectivity index (χ0n) is 11.2. The first-order valence-electron chi connectivity index (χ1n) is 6.75. The zero-order valence-corrected chi connectivity index (χ0v) is 12.0. The summed E-state index contributed by atoms with van der Waals surface area (Å²) < 4.78 is 0. The minimum absolute atomic E-state index is 0.140. The van der Waals surface area contributed by atoms with Gasteiger partial charge in [-0.05, 0) is 18.4 Å². The maximum atomic E-state index is 12.5. The highest BCUT2D eigenvalue weighted by Crippen LogP contribution is 2.29. The van der Waals surface area contributed by atoms with Crippen molar-refractivity contribution < 1.29 is 4.79 Å². The summed E-state index contributed by atoms with van der Waals surface area (Å²) in [4.78, 5) is 18.6. The topological polar surface area (TPSA) is 59.2 Å². The number of amides is 1. The first-order chi connectivity index (χ1) is 9.72. The second-order valence-electron chi connectivity index (χ2n) is 5.09. The number of hydrogen-bond acceptors (Lipinski definition) is 4. The van der Waals surface area contributed by atoms with Crippen LogP contribution in [0.15, 0.2) is 35.7 Å². The van der Waals surface area contributed by atoms with E-state index >= 15 is 0 Å². The fourth-order valence-electron chi connectivity index (χ4n) is 2.25. The molecule has 104 valence electrons. The van der Waals surface area contributed by atoms with Crippen LogP contribution in [0.3, 0.4) is 0 Å². The molecule has 3 rings (SSSR count). The second-order valence-corrected chi connectivity index (χ2v) is 5.98. The lowest BCUT2D eigenvalue weighted by Gasteiger charge is -2.22. The molecular formula is C15H17N3OS. The Hall–Kier alpha value is -1.88. The minimum atomic E-state index is 0.140. The van der Waals surface area contributed by atoms with E-state index in [4.69, 9.17) is 5.73 Å². The Morgan fingerprint density at radius 2 is 2.10 bits per heavy atom. The number of hydrogen-bond donors (Lipinski definition) is 1. The van der Waals surface area contributed by atoms with E-state index in [0.717, 1.165) is 18.5 Å². The van der Waals surface area contributed by atoms with Crippen LogP contribution < -0.4 is 5.73 Å². The summed E-state index contributed by atoms with van der Waals surface area (Å²) in [6, 6.07) is 10.5. The number of anilines is 1. The molecule has 0 unspecified atom stereocenters. The molecule has 5 heteroatoms. The van der Waals surface area contributed by atoms with Gasteiger partial charge in [0, 0.05) is 18.0 Å². The highest BCUT2D eigenvalue weighted by atomic mass is 32.1. The maximum Gasteiger partial charge on any atom is 0.229 e. The van der Waals surface area contributed by atoms with Crippen LogP contribution in [0.4, 0.5) is 5.13 Å². The number of carbonyl (C=O) groups excluding carboxylic acids is 1. The second kappa shape index (κ2) is 5.63. The van der Waals surface area contributed by atoms with Crippen molar-refractivity contribution in [1.82, 2.24) is 9.88 Å². The maximum absolute atomic E-state index is 12.5. The average molecular weight is 287 g/mol. The lowest BCUT2D eigenvalue weighted by Crippen LogP contribution is -2.33. The molecule has 1 fully saturated rings. The summed E-state index contributed by atoms with van der Waals surface area (Å²) in [6.45, 7) is 0.684. The molecule has 1 aromatic carbocycles. The van der Waals surface area contributed by atoms with Gasteiger partial charge >= 0.3 is 0 Å². The van der Waals surface area contributed by atoms with Crippen LogP contribution in [0.25, 0.3) is 0 Å². The molecule has 0 radical (unpaired) electrons. The molecule has 20 heavy (non-hydrogen) atoms. The monoisotopic (exact) mass is 287 g/mol. The van der Waals surface area contributed by atoms with Crippen molar-refractivity contribution in [2.75, 3.05) is 5.73 Å². The van der Waals surface area contributed by atoms with Crippen molar-refractivity contribution in [1.29, 1.82) is 0 Å². The SMILES string of the molecule is Nc1nc(CC(=O)N(Cc2ccccc2)C2CC2)cs1. The summed E-state index contributed by atoms with van der Waals surface area (Å²) in [7, 11) is 0. The number of carbonyl (C=O) groups is 1. The van der Waals surface area contributed by atoms with Crippen molar-refractivity contribution in [3.05, 3.63) is 47.0 Å². The molecule has 1 heterocycles. The number of nitrogen functional groups attached to an aromatic ring is 1. The Morgan fingerprint density at radius 1 is 1.35 bits per heavy atom. The first-order valence-corrected chi connectivity index (χ1v) is 7.63. The normalized spacial score (nSPS) is 14.2. The van der Waals surface area contributed by atoms with E-state index in [2.05, 4.69) is 17.1 Å². The number of thiazole rings is 1. The van der Waals surface area contributed by atoms with Gasteiger partial charge in [0.1, 0.15) is 0 Å². The van der Waals surface area contributed by atoms with Gasteiger partial charge in [0.25, 0.3) is 0 Å². The van der Waals surface area contributed by atoms with E-state index in [9.17, 15) is 4.79 Å². The first kappa shape index (κ1) is 13.1. The fraction of sp³-hybridized carbons (Fsp3) is 0.333. The predicted octanol–water partition coefficient (Wildman–Crippen LogP) is 2.46. The van der Waals surface area contributed by atoms with Crippen LogP contribution >= 0.6 is 11.3 Å². The Labute approximate surface area is 122 Å². The van der Waals surface area contributed by atoms with Crippen LogP contribution in [0, 0.1) is 0 Å². The summed E-state index contributed by atoms with van der Waals surface area (Å²) in [5.41, 5.74) is 7.55. The third-order valence-corrected chi connectivity index (χ3v) is 4.13. The molecule has 2 N–H and O–H groups in total. The van der Waals surface area contributed by atoms with Crippen molar-refractivity contribution in [3.63, 3.8) is 0 Å². The van der Waals surface area contributed by atoms with Crippen molar-refractivity contribution in [2.45, 2.75) is 31.8 Å². The standard InChI is InChI=1S/C15H17N3OS/c16-15-17-12(10-20-15)8-14(19)18(13-6-7-13)9-11-4-2-1-3-5-11/h1-5,10,13H,6-9H2,(H2,16,17). The van der Waals surface area contributed by atoms with Gasteiger partial charge in [-0.2, -0.15) is 0 Å². The molecule has 1 aliphatic rings. The molecule has 4 nitrogen and oxygen atoms in total. The van der Waals surface area contributed by atoms with E-state index in [1.54, 1.807) is 0 Å². The van der Waals surface area contributed by atoms with E-state index in [0.29, 0.717) is 24.1 Å². The molecule has 1 aliphatic carbocycles. The Bertz CT molecular complexity index is 592. The van der Waals surface area contributed by atoms with E-state index < -0.39 is 0 Å². The molecule has 0 atom stereocenters. The number of aromatic nitrogens is 1. The predicted molar refractivity (Wildman–Crippen MR) is 80.2 cm³/mol. The van der Waals surface area contributed by atoms with Gasteiger partial charge in [-0.1, -0.05) is 30.3 Å². The Morgan fingerprint density at radius 3 is 2.70 bits per heavy atom. The van der Waals surface area contributed by atoms with Gasteiger partial charge in [-0.15, -0.1) is 11.3 Å². The molecule has 1 aromatic heterocycles. The van der Waals surface area contributed by atoms with Crippen LogP contribution in [-0.4, -0.2) is 21.8 Å². The average Bonchev–Trinajstić information content (AvgIpc) is 3.21. The molecule has 1 amide bonds. The molecule has 0 spiro atoms. The summed E-state index contributed by atoms with van der Waals surface area (Å²) in [5, 5.41) is 2.38. The van der Waals surface area contributed by atoms with Gasteiger partial charge < -0.3 is 10.6 Å². The molecular weight excluding hydrogens is 270 g/mol. The molecule has 0 bridgehead atoms. The number of benzene rings is 1. The number of nitrogens with two attached hydrogens (primary N) is 1. The fourth-order valence-corrected chi connectivity index (χ4v) is 2.81. The summed E-state index contributed by atoms with van der Waals surface area (Å²) >= 11 is 1.38. The summed E-state index contributed by atoms with van der Waals surface area (Å²) in [6.07, 6.45) is 2.56. The zero-order chi connectivity index (χ0) is 13.9. The van der Waals surface area contributed by atoms with Crippen LogP contribution in [0.1, 0.15) is 24.1 Å². The summed E-state index contributed by atoms with van der Waals surface area (Å²) in [5.74, 6) is 0.140. The van der Waals surface area contributed by atoms with Gasteiger partial charge in [-0.3, -0.25) is 4.79 Å². The number of rotatable bonds is 5. The molecule has 2 aromatic rings. The van der Waals surface area contributed by atoms with Crippen LogP contribution in [0.5, 0.6) is 0 Å². The lowest BCUT2D eigenvalue weighted by atomic mass is 10.2. The highest BCUT2D eigenvalue weighted by molar-refractivity contribution is 7.13. The molecule has 0 saturated heterocycles. The quantitative estimate of drug-likeness (QED) is 0.919. The molecule has 0 aliphatic heterocycles. The Kier molecular flexibility index (Phi) is 3.69. The van der Waals surface area contributed by atoms with Crippen LogP contribution in [-0.2, 0) is 17.8 Å². The largest absolute Gasteiger partial charge is 0.375 e.